The first-order valence-corrected chi connectivity index (χ1v) is 13.1. The number of aliphatic carboxylic acids is 1. The van der Waals surface area contributed by atoms with Gasteiger partial charge in [0.05, 0.1) is 24.4 Å². The lowest BCUT2D eigenvalue weighted by molar-refractivity contribution is -0.153. The van der Waals surface area contributed by atoms with Crippen LogP contribution in [-0.2, 0) is 26.9 Å². The van der Waals surface area contributed by atoms with Crippen LogP contribution >= 0.6 is 11.6 Å². The molecule has 4 aromatic rings. The molecule has 0 heterocycles. The summed E-state index contributed by atoms with van der Waals surface area (Å²) in [5.41, 5.74) is 0.0262. The molecule has 2 unspecified atom stereocenters. The zero-order chi connectivity index (χ0) is 30.4. The smallest absolute Gasteiger partial charge is 0.416 e. The number of ether oxygens (including phenoxy) is 1. The van der Waals surface area contributed by atoms with E-state index in [0.717, 1.165) is 24.3 Å². The van der Waals surface area contributed by atoms with Gasteiger partial charge in [0.2, 0.25) is 0 Å². The summed E-state index contributed by atoms with van der Waals surface area (Å²) >= 11 is 6.30. The van der Waals surface area contributed by atoms with Crippen LogP contribution in [-0.4, -0.2) is 29.0 Å². The van der Waals surface area contributed by atoms with Gasteiger partial charge in [0, 0.05) is 16.0 Å². The first-order valence-electron chi connectivity index (χ1n) is 12.7. The van der Waals surface area contributed by atoms with Crippen molar-refractivity contribution < 1.29 is 41.8 Å². The van der Waals surface area contributed by atoms with Crippen molar-refractivity contribution in [2.45, 2.75) is 37.6 Å². The van der Waals surface area contributed by atoms with E-state index in [0.29, 0.717) is 21.4 Å². The van der Waals surface area contributed by atoms with Crippen LogP contribution in [0.1, 0.15) is 46.0 Å². The van der Waals surface area contributed by atoms with Gasteiger partial charge in [-0.2, -0.15) is 13.2 Å². The highest BCUT2D eigenvalue weighted by atomic mass is 35.5. The van der Waals surface area contributed by atoms with Crippen molar-refractivity contribution in [1.82, 2.24) is 5.32 Å². The van der Waals surface area contributed by atoms with Gasteiger partial charge in [0.1, 0.15) is 11.9 Å². The third-order valence-corrected chi connectivity index (χ3v) is 6.86. The van der Waals surface area contributed by atoms with Crippen LogP contribution in [0, 0.1) is 5.82 Å². The molecule has 4 aromatic carbocycles. The summed E-state index contributed by atoms with van der Waals surface area (Å²) < 4.78 is 58.9. The summed E-state index contributed by atoms with van der Waals surface area (Å²) in [6.07, 6.45) is -6.89. The van der Waals surface area contributed by atoms with Gasteiger partial charge in [-0.1, -0.05) is 60.1 Å². The molecular formula is C31H24ClF4NO5. The first-order chi connectivity index (χ1) is 19.9. The fraction of sp³-hybridized carbons (Fsp3) is 0.194. The number of hydrogen-bond acceptors (Lipinski definition) is 4. The lowest BCUT2D eigenvalue weighted by Crippen LogP contribution is -2.42. The van der Waals surface area contributed by atoms with Gasteiger partial charge in [0.15, 0.2) is 0 Å². The van der Waals surface area contributed by atoms with Gasteiger partial charge in [0.25, 0.3) is 5.91 Å². The number of carboxylic acids is 1. The second-order valence-electron chi connectivity index (χ2n) is 9.48. The SMILES string of the molecule is O=C(O)CCC(=O)OC(c1ccc(F)cc1)C(Cc1ccc(C(F)(F)F)cc1)NC(=O)c1cccc2c(Cl)cccc12. The molecule has 0 bridgehead atoms. The summed E-state index contributed by atoms with van der Waals surface area (Å²) in [6, 6.07) is 18.1. The van der Waals surface area contributed by atoms with Crippen LogP contribution < -0.4 is 5.32 Å². The van der Waals surface area contributed by atoms with Gasteiger partial charge >= 0.3 is 18.1 Å². The number of alkyl halides is 3. The monoisotopic (exact) mass is 601 g/mol. The molecule has 0 radical (unpaired) electrons. The molecule has 6 nitrogen and oxygen atoms in total. The van der Waals surface area contributed by atoms with Crippen LogP contribution in [0.5, 0.6) is 0 Å². The Morgan fingerprint density at radius 1 is 0.857 bits per heavy atom. The van der Waals surface area contributed by atoms with Gasteiger partial charge in [-0.3, -0.25) is 14.4 Å². The highest BCUT2D eigenvalue weighted by Crippen LogP contribution is 2.31. The number of carbonyl (C=O) groups is 3. The third-order valence-electron chi connectivity index (χ3n) is 6.53. The topological polar surface area (TPSA) is 92.7 Å². The van der Waals surface area contributed by atoms with E-state index in [2.05, 4.69) is 5.32 Å². The van der Waals surface area contributed by atoms with Gasteiger partial charge in [-0.15, -0.1) is 0 Å². The van der Waals surface area contributed by atoms with Crippen LogP contribution in [0.2, 0.25) is 5.02 Å². The number of nitrogens with one attached hydrogen (secondary N) is 1. The number of benzene rings is 4. The van der Waals surface area contributed by atoms with Gasteiger partial charge in [-0.05, 0) is 59.3 Å². The molecule has 0 aliphatic heterocycles. The molecule has 0 fully saturated rings. The van der Waals surface area contributed by atoms with E-state index in [1.165, 1.54) is 24.3 Å². The largest absolute Gasteiger partial charge is 0.481 e. The van der Waals surface area contributed by atoms with Crippen LogP contribution in [0.4, 0.5) is 17.6 Å². The summed E-state index contributed by atoms with van der Waals surface area (Å²) in [7, 11) is 0. The molecule has 2 N–H and O–H groups in total. The zero-order valence-corrected chi connectivity index (χ0v) is 22.6. The molecule has 2 atom stereocenters. The van der Waals surface area contributed by atoms with E-state index >= 15 is 0 Å². The number of esters is 1. The minimum absolute atomic E-state index is 0.0936. The predicted octanol–water partition coefficient (Wildman–Crippen LogP) is 7.14. The summed E-state index contributed by atoms with van der Waals surface area (Å²) in [5, 5.41) is 13.4. The van der Waals surface area contributed by atoms with E-state index in [1.54, 1.807) is 36.4 Å². The van der Waals surface area contributed by atoms with E-state index in [1.807, 2.05) is 0 Å². The average Bonchev–Trinajstić information content (AvgIpc) is 2.95. The highest BCUT2D eigenvalue weighted by molar-refractivity contribution is 6.36. The Morgan fingerprint density at radius 2 is 1.50 bits per heavy atom. The standard InChI is InChI=1S/C31H24ClF4NO5/c32-25-6-2-3-22-23(25)4-1-5-24(22)30(41)37-26(17-18-7-11-20(12-8-18)31(34,35)36)29(19-9-13-21(33)14-10-19)42-28(40)16-15-27(38)39/h1-14,26,29H,15-17H2,(H,37,41)(H,38,39). The molecule has 4 rings (SSSR count). The third kappa shape index (κ3) is 7.64. The maximum atomic E-state index is 13.8. The van der Waals surface area contributed by atoms with Crippen molar-refractivity contribution in [3.63, 3.8) is 0 Å². The predicted molar refractivity (Wildman–Crippen MR) is 147 cm³/mol. The Bertz CT molecular complexity index is 1590. The number of carboxylic acid groups (broad SMARTS) is 1. The quantitative estimate of drug-likeness (QED) is 0.149. The molecule has 42 heavy (non-hydrogen) atoms. The second kappa shape index (κ2) is 13.0. The highest BCUT2D eigenvalue weighted by Gasteiger charge is 2.32. The van der Waals surface area contributed by atoms with E-state index in [9.17, 15) is 31.9 Å². The molecule has 0 spiro atoms. The number of carbonyl (C=O) groups excluding carboxylic acids is 2. The fourth-order valence-electron chi connectivity index (χ4n) is 4.48. The molecule has 0 aliphatic rings. The maximum absolute atomic E-state index is 13.8. The molecular weight excluding hydrogens is 578 g/mol. The average molecular weight is 602 g/mol. The number of halogens is 5. The minimum atomic E-state index is -4.56. The van der Waals surface area contributed by atoms with E-state index < -0.39 is 60.4 Å². The first kappa shape index (κ1) is 30.5. The van der Waals surface area contributed by atoms with Gasteiger partial charge < -0.3 is 15.2 Å². The zero-order valence-electron chi connectivity index (χ0n) is 21.8. The Labute approximate surface area is 242 Å². The number of fused-ring (bicyclic) bond motifs is 1. The van der Waals surface area contributed by atoms with Crippen molar-refractivity contribution in [3.8, 4) is 0 Å². The number of amides is 1. The molecule has 0 saturated heterocycles. The summed E-state index contributed by atoms with van der Waals surface area (Å²) in [6.45, 7) is 0. The van der Waals surface area contributed by atoms with Crippen LogP contribution in [0.3, 0.4) is 0 Å². The maximum Gasteiger partial charge on any atom is 0.416 e. The van der Waals surface area contributed by atoms with Crippen LogP contribution in [0.25, 0.3) is 10.8 Å². The van der Waals surface area contributed by atoms with Gasteiger partial charge in [-0.25, -0.2) is 4.39 Å². The summed E-state index contributed by atoms with van der Waals surface area (Å²) in [4.78, 5) is 37.3. The number of rotatable bonds is 10. The van der Waals surface area contributed by atoms with Crippen molar-refractivity contribution in [3.05, 3.63) is 118 Å². The van der Waals surface area contributed by atoms with Crippen molar-refractivity contribution in [2.24, 2.45) is 0 Å². The molecule has 0 saturated carbocycles. The minimum Gasteiger partial charge on any atom is -0.481 e. The Hall–Kier alpha value is -4.44. The Balaban J connectivity index is 1.74. The molecule has 1 amide bonds. The van der Waals surface area contributed by atoms with E-state index in [-0.39, 0.29) is 17.5 Å². The normalized spacial score (nSPS) is 12.9. The lowest BCUT2D eigenvalue weighted by atomic mass is 9.94. The number of hydrogen-bond donors (Lipinski definition) is 2. The van der Waals surface area contributed by atoms with Crippen molar-refractivity contribution in [2.75, 3.05) is 0 Å². The molecule has 0 aliphatic carbocycles. The molecule has 11 heteroatoms. The lowest BCUT2D eigenvalue weighted by Gasteiger charge is -2.29. The van der Waals surface area contributed by atoms with Crippen molar-refractivity contribution >= 4 is 40.2 Å². The van der Waals surface area contributed by atoms with E-state index in [4.69, 9.17) is 21.4 Å². The molecule has 0 aromatic heterocycles. The Kier molecular flexibility index (Phi) is 9.47. The molecule has 218 valence electrons. The van der Waals surface area contributed by atoms with Crippen LogP contribution in [0.15, 0.2) is 84.9 Å². The second-order valence-corrected chi connectivity index (χ2v) is 9.88. The fourth-order valence-corrected chi connectivity index (χ4v) is 4.72. The van der Waals surface area contributed by atoms with Crippen molar-refractivity contribution in [1.29, 1.82) is 0 Å². The Morgan fingerprint density at radius 3 is 2.14 bits per heavy atom. The summed E-state index contributed by atoms with van der Waals surface area (Å²) in [5.74, 6) is -3.29.